The molecular formula is C13H16N2O4S. The first kappa shape index (κ1) is 14.5. The first-order chi connectivity index (χ1) is 9.58. The van der Waals surface area contributed by atoms with Gasteiger partial charge in [0.15, 0.2) is 0 Å². The van der Waals surface area contributed by atoms with Gasteiger partial charge in [-0.1, -0.05) is 18.2 Å². The third-order valence-electron chi connectivity index (χ3n) is 3.04. The average Bonchev–Trinajstić information content (AvgIpc) is 2.45. The van der Waals surface area contributed by atoms with Crippen molar-refractivity contribution in [3.63, 3.8) is 0 Å². The molecule has 0 aromatic heterocycles. The van der Waals surface area contributed by atoms with Crippen LogP contribution >= 0.6 is 0 Å². The number of amides is 2. The molecule has 2 amide bonds. The summed E-state index contributed by atoms with van der Waals surface area (Å²) >= 11 is 0. The zero-order chi connectivity index (χ0) is 14.5. The Balaban J connectivity index is 2.16. The van der Waals surface area contributed by atoms with E-state index in [0.29, 0.717) is 30.3 Å². The lowest BCUT2D eigenvalue weighted by Gasteiger charge is -2.32. The van der Waals surface area contributed by atoms with Crippen molar-refractivity contribution in [2.45, 2.75) is 0 Å². The van der Waals surface area contributed by atoms with Crippen LogP contribution in [-0.4, -0.2) is 57.4 Å². The SMILES string of the molecule is O=C(O)CN(C(=O)N1CCS(=O)CC1)c1ccccc1. The molecule has 0 atom stereocenters. The van der Waals surface area contributed by atoms with Crippen molar-refractivity contribution in [2.24, 2.45) is 0 Å². The van der Waals surface area contributed by atoms with Crippen LogP contribution in [0.3, 0.4) is 0 Å². The highest BCUT2D eigenvalue weighted by molar-refractivity contribution is 7.85. The van der Waals surface area contributed by atoms with Gasteiger partial charge in [0.2, 0.25) is 0 Å². The van der Waals surface area contributed by atoms with Crippen molar-refractivity contribution >= 4 is 28.5 Å². The zero-order valence-corrected chi connectivity index (χ0v) is 11.7. The maximum absolute atomic E-state index is 12.4. The van der Waals surface area contributed by atoms with E-state index in [1.807, 2.05) is 0 Å². The number of carboxylic acid groups (broad SMARTS) is 1. The summed E-state index contributed by atoms with van der Waals surface area (Å²) in [4.78, 5) is 26.2. The molecular weight excluding hydrogens is 280 g/mol. The molecule has 0 bridgehead atoms. The van der Waals surface area contributed by atoms with E-state index in [0.717, 1.165) is 0 Å². The van der Waals surface area contributed by atoms with Gasteiger partial charge in [-0.25, -0.2) is 4.79 Å². The van der Waals surface area contributed by atoms with Gasteiger partial charge in [-0.3, -0.25) is 13.9 Å². The number of hydrogen-bond donors (Lipinski definition) is 1. The molecule has 1 heterocycles. The Morgan fingerprint density at radius 3 is 2.35 bits per heavy atom. The molecule has 0 spiro atoms. The summed E-state index contributed by atoms with van der Waals surface area (Å²) in [5.74, 6) is -0.175. The summed E-state index contributed by atoms with van der Waals surface area (Å²) < 4.78 is 11.3. The number of benzene rings is 1. The molecule has 1 aromatic rings. The maximum atomic E-state index is 12.4. The topological polar surface area (TPSA) is 77.9 Å². The number of urea groups is 1. The van der Waals surface area contributed by atoms with E-state index < -0.39 is 16.8 Å². The average molecular weight is 296 g/mol. The van der Waals surface area contributed by atoms with Gasteiger partial charge >= 0.3 is 12.0 Å². The second kappa shape index (κ2) is 6.51. The summed E-state index contributed by atoms with van der Waals surface area (Å²) in [5.41, 5.74) is 0.548. The predicted octanol–water partition coefficient (Wildman–Crippen LogP) is 0.762. The van der Waals surface area contributed by atoms with Crippen LogP contribution in [0.4, 0.5) is 10.5 Å². The quantitative estimate of drug-likeness (QED) is 0.893. The van der Waals surface area contributed by atoms with Crippen LogP contribution in [0.5, 0.6) is 0 Å². The lowest BCUT2D eigenvalue weighted by atomic mass is 10.3. The Hall–Kier alpha value is -1.89. The second-order valence-corrected chi connectivity index (χ2v) is 6.13. The Bertz CT molecular complexity index is 510. The van der Waals surface area contributed by atoms with Crippen LogP contribution < -0.4 is 4.90 Å². The minimum atomic E-state index is -1.07. The molecule has 0 aliphatic carbocycles. The van der Waals surface area contributed by atoms with Gasteiger partial charge in [-0.2, -0.15) is 0 Å². The van der Waals surface area contributed by atoms with E-state index in [9.17, 15) is 13.8 Å². The summed E-state index contributed by atoms with van der Waals surface area (Å²) in [7, 11) is -0.875. The lowest BCUT2D eigenvalue weighted by molar-refractivity contribution is -0.135. The Labute approximate surface area is 119 Å². The third kappa shape index (κ3) is 3.57. The molecule has 0 unspecified atom stereocenters. The largest absolute Gasteiger partial charge is 0.480 e. The highest BCUT2D eigenvalue weighted by Gasteiger charge is 2.27. The fourth-order valence-corrected chi connectivity index (χ4v) is 3.06. The highest BCUT2D eigenvalue weighted by Crippen LogP contribution is 2.16. The van der Waals surface area contributed by atoms with Gasteiger partial charge in [-0.15, -0.1) is 0 Å². The molecule has 1 saturated heterocycles. The molecule has 1 aromatic carbocycles. The summed E-state index contributed by atoms with van der Waals surface area (Å²) in [6.07, 6.45) is 0. The Morgan fingerprint density at radius 2 is 1.80 bits per heavy atom. The van der Waals surface area contributed by atoms with Crippen LogP contribution in [0.2, 0.25) is 0 Å². The predicted molar refractivity (Wildman–Crippen MR) is 76.3 cm³/mol. The molecule has 20 heavy (non-hydrogen) atoms. The number of hydrogen-bond acceptors (Lipinski definition) is 3. The van der Waals surface area contributed by atoms with Crippen LogP contribution in [-0.2, 0) is 15.6 Å². The van der Waals surface area contributed by atoms with Gasteiger partial charge < -0.3 is 10.0 Å². The van der Waals surface area contributed by atoms with Crippen LogP contribution in [0.15, 0.2) is 30.3 Å². The molecule has 1 N–H and O–H groups in total. The molecule has 6 nitrogen and oxygen atoms in total. The van der Waals surface area contributed by atoms with Gasteiger partial charge in [0, 0.05) is 41.1 Å². The summed E-state index contributed by atoms with van der Waals surface area (Å²) in [5, 5.41) is 8.97. The fourth-order valence-electron chi connectivity index (χ4n) is 2.01. The highest BCUT2D eigenvalue weighted by atomic mass is 32.2. The Kier molecular flexibility index (Phi) is 4.73. The minimum absolute atomic E-state index is 0.352. The number of aliphatic carboxylic acids is 1. The standard InChI is InChI=1S/C13H16N2O4S/c16-12(17)10-15(11-4-2-1-3-5-11)13(18)14-6-8-20(19)9-7-14/h1-5H,6-10H2,(H,16,17). The van der Waals surface area contributed by atoms with Crippen molar-refractivity contribution < 1.29 is 18.9 Å². The Morgan fingerprint density at radius 1 is 1.20 bits per heavy atom. The lowest BCUT2D eigenvalue weighted by Crippen LogP contribution is -2.50. The number of carbonyl (C=O) groups excluding carboxylic acids is 1. The monoisotopic (exact) mass is 296 g/mol. The van der Waals surface area contributed by atoms with Gasteiger partial charge in [0.25, 0.3) is 0 Å². The third-order valence-corrected chi connectivity index (χ3v) is 4.32. The number of nitrogens with zero attached hydrogens (tertiary/aromatic N) is 2. The second-order valence-electron chi connectivity index (χ2n) is 4.43. The van der Waals surface area contributed by atoms with Crippen molar-refractivity contribution in [2.75, 3.05) is 36.0 Å². The van der Waals surface area contributed by atoms with Crippen LogP contribution in [0.25, 0.3) is 0 Å². The molecule has 1 aliphatic heterocycles. The van der Waals surface area contributed by atoms with E-state index in [4.69, 9.17) is 5.11 Å². The van der Waals surface area contributed by atoms with Crippen LogP contribution in [0, 0.1) is 0 Å². The van der Waals surface area contributed by atoms with Gasteiger partial charge in [0.05, 0.1) is 0 Å². The minimum Gasteiger partial charge on any atom is -0.480 e. The van der Waals surface area contributed by atoms with E-state index in [-0.39, 0.29) is 12.6 Å². The van der Waals surface area contributed by atoms with Crippen molar-refractivity contribution in [1.29, 1.82) is 0 Å². The first-order valence-electron chi connectivity index (χ1n) is 6.26. The number of carbonyl (C=O) groups is 2. The first-order valence-corrected chi connectivity index (χ1v) is 7.75. The smallest absolute Gasteiger partial charge is 0.325 e. The fraction of sp³-hybridized carbons (Fsp3) is 0.385. The molecule has 1 aliphatic rings. The van der Waals surface area contributed by atoms with E-state index >= 15 is 0 Å². The van der Waals surface area contributed by atoms with Crippen LogP contribution in [0.1, 0.15) is 0 Å². The number of rotatable bonds is 3. The van der Waals surface area contributed by atoms with Crippen molar-refractivity contribution in [3.8, 4) is 0 Å². The van der Waals surface area contributed by atoms with Gasteiger partial charge in [0.1, 0.15) is 6.54 Å². The summed E-state index contributed by atoms with van der Waals surface area (Å²) in [6, 6.07) is 8.35. The normalized spacial score (nSPS) is 15.9. The molecule has 7 heteroatoms. The number of para-hydroxylation sites is 1. The zero-order valence-electron chi connectivity index (χ0n) is 10.9. The van der Waals surface area contributed by atoms with Crippen molar-refractivity contribution in [1.82, 2.24) is 4.90 Å². The molecule has 2 rings (SSSR count). The molecule has 0 saturated carbocycles. The molecule has 1 fully saturated rings. The van der Waals surface area contributed by atoms with E-state index in [1.54, 1.807) is 35.2 Å². The summed E-state index contributed by atoms with van der Waals surface area (Å²) in [6.45, 7) is 0.408. The molecule has 108 valence electrons. The van der Waals surface area contributed by atoms with E-state index in [2.05, 4.69) is 0 Å². The van der Waals surface area contributed by atoms with Gasteiger partial charge in [-0.05, 0) is 12.1 Å². The number of carboxylic acids is 1. The number of anilines is 1. The molecule has 0 radical (unpaired) electrons. The maximum Gasteiger partial charge on any atom is 0.325 e. The van der Waals surface area contributed by atoms with E-state index in [1.165, 1.54) is 4.90 Å². The van der Waals surface area contributed by atoms with Crippen molar-refractivity contribution in [3.05, 3.63) is 30.3 Å².